The van der Waals surface area contributed by atoms with Crippen molar-refractivity contribution in [2.75, 3.05) is 38.2 Å². The first kappa shape index (κ1) is 16.8. The van der Waals surface area contributed by atoms with Gasteiger partial charge >= 0.3 is 0 Å². The third-order valence-electron chi connectivity index (χ3n) is 4.35. The summed E-state index contributed by atoms with van der Waals surface area (Å²) >= 11 is 0. The number of carboxylic acids is 1. The van der Waals surface area contributed by atoms with Crippen molar-refractivity contribution in [2.45, 2.75) is 0 Å². The number of aromatic carboxylic acids is 1. The largest absolute Gasteiger partial charge is 0.545 e. The molecular formula is C19H19N2O4-. The van der Waals surface area contributed by atoms with Crippen LogP contribution in [0.5, 0.6) is 5.75 Å². The van der Waals surface area contributed by atoms with Gasteiger partial charge in [0.15, 0.2) is 0 Å². The molecule has 0 N–H and O–H groups in total. The molecule has 1 heterocycles. The average molecular weight is 339 g/mol. The molecule has 0 spiro atoms. The van der Waals surface area contributed by atoms with Crippen molar-refractivity contribution in [2.24, 2.45) is 0 Å². The fourth-order valence-corrected chi connectivity index (χ4v) is 2.92. The first-order valence-corrected chi connectivity index (χ1v) is 8.08. The predicted molar refractivity (Wildman–Crippen MR) is 91.9 cm³/mol. The minimum atomic E-state index is -1.28. The van der Waals surface area contributed by atoms with E-state index in [9.17, 15) is 14.7 Å². The summed E-state index contributed by atoms with van der Waals surface area (Å²) in [5.74, 6) is -0.623. The molecule has 1 fully saturated rings. The van der Waals surface area contributed by atoms with Crippen molar-refractivity contribution < 1.29 is 19.4 Å². The van der Waals surface area contributed by atoms with Gasteiger partial charge in [-0.05, 0) is 42.0 Å². The van der Waals surface area contributed by atoms with Crippen LogP contribution in [0.2, 0.25) is 0 Å². The summed E-state index contributed by atoms with van der Waals surface area (Å²) in [5.41, 5.74) is 1.48. The van der Waals surface area contributed by atoms with E-state index in [-0.39, 0.29) is 11.5 Å². The standard InChI is InChI=1S/C19H20N2O4/c1-25-17-7-5-16(6-8-17)20-9-11-21(12-10-20)18(22)14-3-2-4-15(13-14)19(23)24/h2-8,13H,9-12H2,1H3,(H,23,24)/p-1. The molecule has 0 bridgehead atoms. The Bertz CT molecular complexity index is 765. The van der Waals surface area contributed by atoms with Crippen LogP contribution < -0.4 is 14.7 Å². The van der Waals surface area contributed by atoms with Crippen LogP contribution in [-0.2, 0) is 0 Å². The molecule has 1 amide bonds. The molecule has 1 aliphatic rings. The normalized spacial score (nSPS) is 14.3. The minimum Gasteiger partial charge on any atom is -0.545 e. The summed E-state index contributed by atoms with van der Waals surface area (Å²) in [5, 5.41) is 10.9. The Balaban J connectivity index is 1.64. The van der Waals surface area contributed by atoms with Crippen molar-refractivity contribution >= 4 is 17.6 Å². The second kappa shape index (κ2) is 7.25. The molecule has 0 saturated carbocycles. The Kier molecular flexibility index (Phi) is 4.88. The maximum Gasteiger partial charge on any atom is 0.253 e. The summed E-state index contributed by atoms with van der Waals surface area (Å²) in [4.78, 5) is 27.5. The summed E-state index contributed by atoms with van der Waals surface area (Å²) in [6, 6.07) is 13.8. The quantitative estimate of drug-likeness (QED) is 0.832. The molecule has 1 saturated heterocycles. The van der Waals surface area contributed by atoms with Gasteiger partial charge in [-0.2, -0.15) is 0 Å². The minimum absolute atomic E-state index is 0.0164. The van der Waals surface area contributed by atoms with Gasteiger partial charge in [-0.3, -0.25) is 4.79 Å². The molecule has 1 aliphatic heterocycles. The van der Waals surface area contributed by atoms with E-state index in [1.807, 2.05) is 24.3 Å². The number of hydrogen-bond acceptors (Lipinski definition) is 5. The van der Waals surface area contributed by atoms with Gasteiger partial charge in [-0.15, -0.1) is 0 Å². The first-order chi connectivity index (χ1) is 12.1. The molecule has 3 rings (SSSR count). The Hall–Kier alpha value is -3.02. The number of hydrogen-bond donors (Lipinski definition) is 0. The number of nitrogens with zero attached hydrogens (tertiary/aromatic N) is 2. The molecule has 2 aromatic carbocycles. The number of rotatable bonds is 4. The number of ether oxygens (including phenoxy) is 1. The number of benzene rings is 2. The molecule has 0 aliphatic carbocycles. The highest BCUT2D eigenvalue weighted by Gasteiger charge is 2.22. The van der Waals surface area contributed by atoms with E-state index in [4.69, 9.17) is 4.74 Å². The van der Waals surface area contributed by atoms with E-state index in [1.54, 1.807) is 24.1 Å². The van der Waals surface area contributed by atoms with Crippen molar-refractivity contribution in [1.82, 2.24) is 4.90 Å². The van der Waals surface area contributed by atoms with Crippen molar-refractivity contribution in [1.29, 1.82) is 0 Å². The molecule has 6 heteroatoms. The molecule has 0 radical (unpaired) electrons. The lowest BCUT2D eigenvalue weighted by atomic mass is 10.1. The molecule has 25 heavy (non-hydrogen) atoms. The number of piperazine rings is 1. The molecule has 0 atom stereocenters. The number of amides is 1. The third kappa shape index (κ3) is 3.74. The first-order valence-electron chi connectivity index (χ1n) is 8.08. The van der Waals surface area contributed by atoms with Crippen LogP contribution in [0.15, 0.2) is 48.5 Å². The monoisotopic (exact) mass is 339 g/mol. The summed E-state index contributed by atoms with van der Waals surface area (Å²) in [7, 11) is 1.63. The van der Waals surface area contributed by atoms with Crippen LogP contribution in [-0.4, -0.2) is 50.1 Å². The highest BCUT2D eigenvalue weighted by molar-refractivity contribution is 5.97. The van der Waals surface area contributed by atoms with Crippen LogP contribution in [0.3, 0.4) is 0 Å². The highest BCUT2D eigenvalue weighted by Crippen LogP contribution is 2.21. The maximum atomic E-state index is 12.6. The van der Waals surface area contributed by atoms with Gasteiger partial charge in [0.05, 0.1) is 13.1 Å². The second-order valence-corrected chi connectivity index (χ2v) is 5.85. The van der Waals surface area contributed by atoms with E-state index in [0.717, 1.165) is 24.5 Å². The topological polar surface area (TPSA) is 72.9 Å². The van der Waals surface area contributed by atoms with Crippen molar-refractivity contribution in [3.8, 4) is 5.75 Å². The van der Waals surface area contributed by atoms with Gasteiger partial charge in [-0.1, -0.05) is 12.1 Å². The van der Waals surface area contributed by atoms with Crippen LogP contribution in [0.4, 0.5) is 5.69 Å². The lowest BCUT2D eigenvalue weighted by molar-refractivity contribution is -0.255. The van der Waals surface area contributed by atoms with Crippen LogP contribution >= 0.6 is 0 Å². The van der Waals surface area contributed by atoms with Crippen LogP contribution in [0, 0.1) is 0 Å². The van der Waals surface area contributed by atoms with Gasteiger partial charge in [0, 0.05) is 37.4 Å². The van der Waals surface area contributed by atoms with Crippen LogP contribution in [0.1, 0.15) is 20.7 Å². The Morgan fingerprint density at radius 1 is 0.960 bits per heavy atom. The lowest BCUT2D eigenvalue weighted by Crippen LogP contribution is -2.48. The van der Waals surface area contributed by atoms with Gasteiger partial charge in [0.2, 0.25) is 0 Å². The molecule has 0 aromatic heterocycles. The van der Waals surface area contributed by atoms with E-state index in [2.05, 4.69) is 4.90 Å². The Morgan fingerprint density at radius 3 is 2.20 bits per heavy atom. The lowest BCUT2D eigenvalue weighted by Gasteiger charge is -2.36. The van der Waals surface area contributed by atoms with Crippen LogP contribution in [0.25, 0.3) is 0 Å². The van der Waals surface area contributed by atoms with E-state index < -0.39 is 5.97 Å². The highest BCUT2D eigenvalue weighted by atomic mass is 16.5. The molecule has 0 unspecified atom stereocenters. The zero-order valence-electron chi connectivity index (χ0n) is 14.0. The van der Waals surface area contributed by atoms with E-state index >= 15 is 0 Å². The van der Waals surface area contributed by atoms with Crippen molar-refractivity contribution in [3.63, 3.8) is 0 Å². The van der Waals surface area contributed by atoms with E-state index in [1.165, 1.54) is 12.1 Å². The zero-order valence-corrected chi connectivity index (χ0v) is 14.0. The fourth-order valence-electron chi connectivity index (χ4n) is 2.92. The molecule has 130 valence electrons. The number of carbonyl (C=O) groups is 2. The van der Waals surface area contributed by atoms with Gasteiger partial charge in [0.1, 0.15) is 5.75 Å². The number of carbonyl (C=O) groups excluding carboxylic acids is 2. The smallest absolute Gasteiger partial charge is 0.253 e. The van der Waals surface area contributed by atoms with Gasteiger partial charge in [-0.25, -0.2) is 0 Å². The summed E-state index contributed by atoms with van der Waals surface area (Å²) in [6.07, 6.45) is 0. The maximum absolute atomic E-state index is 12.6. The van der Waals surface area contributed by atoms with Gasteiger partial charge in [0.25, 0.3) is 5.91 Å². The molecule has 2 aromatic rings. The summed E-state index contributed by atoms with van der Waals surface area (Å²) in [6.45, 7) is 2.61. The van der Waals surface area contributed by atoms with Gasteiger partial charge < -0.3 is 24.4 Å². The Morgan fingerprint density at radius 2 is 1.60 bits per heavy atom. The Labute approximate surface area is 146 Å². The third-order valence-corrected chi connectivity index (χ3v) is 4.35. The number of methoxy groups -OCH3 is 1. The SMILES string of the molecule is COc1ccc(N2CCN(C(=O)c3cccc(C(=O)[O-])c3)CC2)cc1. The zero-order chi connectivity index (χ0) is 17.8. The summed E-state index contributed by atoms with van der Waals surface area (Å²) < 4.78 is 5.16. The van der Waals surface area contributed by atoms with E-state index in [0.29, 0.717) is 18.7 Å². The number of carboxylic acid groups (broad SMARTS) is 1. The second-order valence-electron chi connectivity index (χ2n) is 5.85. The van der Waals surface area contributed by atoms with Crippen molar-refractivity contribution in [3.05, 3.63) is 59.7 Å². The fraction of sp³-hybridized carbons (Fsp3) is 0.263. The molecular weight excluding hydrogens is 320 g/mol. The predicted octanol–water partition coefficient (Wildman–Crippen LogP) is 1.02. The average Bonchev–Trinajstić information content (AvgIpc) is 2.67. The molecule has 6 nitrogen and oxygen atoms in total. The number of anilines is 1.